The van der Waals surface area contributed by atoms with Gasteiger partial charge in [-0.2, -0.15) is 0 Å². The molecule has 0 amide bonds. The van der Waals surface area contributed by atoms with E-state index >= 15 is 0 Å². The van der Waals surface area contributed by atoms with Crippen LogP contribution in [0, 0.1) is 11.6 Å². The van der Waals surface area contributed by atoms with E-state index in [9.17, 15) is 8.78 Å². The van der Waals surface area contributed by atoms with Gasteiger partial charge >= 0.3 is 0 Å². The molecule has 0 aliphatic rings. The molecule has 0 fully saturated rings. The molecule has 3 rings (SSSR count). The Hall–Kier alpha value is -2.48. The van der Waals surface area contributed by atoms with E-state index in [4.69, 9.17) is 0 Å². The molecule has 2 heteroatoms. The van der Waals surface area contributed by atoms with E-state index in [2.05, 4.69) is 6.92 Å². The highest BCUT2D eigenvalue weighted by Crippen LogP contribution is 2.32. The van der Waals surface area contributed by atoms with Crippen molar-refractivity contribution in [3.05, 3.63) is 83.4 Å². The maximum Gasteiger partial charge on any atom is 0.166 e. The topological polar surface area (TPSA) is 0 Å². The Labute approximate surface area is 160 Å². The molecule has 3 aromatic carbocycles. The SMILES string of the molecule is CCCCc1cc(-c2ccc(-c3ccccc3)cc2)c(F)c(F)c1CCC. The minimum atomic E-state index is -0.730. The van der Waals surface area contributed by atoms with Crippen molar-refractivity contribution in [3.63, 3.8) is 0 Å². The van der Waals surface area contributed by atoms with Gasteiger partial charge in [-0.3, -0.25) is 0 Å². The van der Waals surface area contributed by atoms with Crippen molar-refractivity contribution in [1.29, 1.82) is 0 Å². The zero-order chi connectivity index (χ0) is 19.2. The van der Waals surface area contributed by atoms with E-state index < -0.39 is 11.6 Å². The third-order valence-corrected chi connectivity index (χ3v) is 5.00. The Morgan fingerprint density at radius 1 is 0.667 bits per heavy atom. The van der Waals surface area contributed by atoms with E-state index in [1.165, 1.54) is 0 Å². The summed E-state index contributed by atoms with van der Waals surface area (Å²) in [5.41, 5.74) is 4.74. The second-order valence-corrected chi connectivity index (χ2v) is 6.99. The van der Waals surface area contributed by atoms with Gasteiger partial charge < -0.3 is 0 Å². The van der Waals surface area contributed by atoms with Crippen molar-refractivity contribution in [2.24, 2.45) is 0 Å². The number of benzene rings is 3. The maximum absolute atomic E-state index is 14.8. The van der Waals surface area contributed by atoms with Crippen LogP contribution in [0.15, 0.2) is 60.7 Å². The fourth-order valence-corrected chi connectivity index (χ4v) is 3.51. The lowest BCUT2D eigenvalue weighted by Gasteiger charge is -2.15. The standard InChI is InChI=1S/C25H26F2/c1-3-5-10-21-17-23(25(27)24(26)22(21)9-4-2)20-15-13-19(14-16-20)18-11-7-6-8-12-18/h6-8,11-17H,3-5,9-10H2,1-2H3. The molecule has 0 atom stereocenters. The molecule has 0 saturated carbocycles. The predicted molar refractivity (Wildman–Crippen MR) is 110 cm³/mol. The molecule has 0 unspecified atom stereocenters. The Kier molecular flexibility index (Phi) is 6.39. The van der Waals surface area contributed by atoms with Crippen LogP contribution in [0.3, 0.4) is 0 Å². The minimum absolute atomic E-state index is 0.359. The fraction of sp³-hybridized carbons (Fsp3) is 0.280. The summed E-state index contributed by atoms with van der Waals surface area (Å²) in [7, 11) is 0. The normalized spacial score (nSPS) is 11.0. The lowest BCUT2D eigenvalue weighted by molar-refractivity contribution is 0.497. The second kappa shape index (κ2) is 8.94. The van der Waals surface area contributed by atoms with Crippen molar-refractivity contribution < 1.29 is 8.78 Å². The lowest BCUT2D eigenvalue weighted by atomic mass is 9.92. The summed E-state index contributed by atoms with van der Waals surface area (Å²) in [4.78, 5) is 0. The summed E-state index contributed by atoms with van der Waals surface area (Å²) in [5.74, 6) is -1.40. The summed E-state index contributed by atoms with van der Waals surface area (Å²) < 4.78 is 29.6. The van der Waals surface area contributed by atoms with Gasteiger partial charge in [0.15, 0.2) is 11.6 Å². The fourth-order valence-electron chi connectivity index (χ4n) is 3.51. The lowest BCUT2D eigenvalue weighted by Crippen LogP contribution is -2.04. The molecule has 3 aromatic rings. The Balaban J connectivity index is 2.01. The monoisotopic (exact) mass is 364 g/mol. The third-order valence-electron chi connectivity index (χ3n) is 5.00. The van der Waals surface area contributed by atoms with Gasteiger partial charge in [0.2, 0.25) is 0 Å². The van der Waals surface area contributed by atoms with Crippen molar-refractivity contribution in [3.8, 4) is 22.3 Å². The van der Waals surface area contributed by atoms with Gasteiger partial charge in [0.05, 0.1) is 0 Å². The van der Waals surface area contributed by atoms with E-state index in [-0.39, 0.29) is 0 Å². The molecule has 0 N–H and O–H groups in total. The van der Waals surface area contributed by atoms with Crippen LogP contribution in [0.2, 0.25) is 0 Å². The number of hydrogen-bond donors (Lipinski definition) is 0. The molecular weight excluding hydrogens is 338 g/mol. The van der Waals surface area contributed by atoms with Gasteiger partial charge in [-0.25, -0.2) is 8.78 Å². The minimum Gasteiger partial charge on any atom is -0.203 e. The summed E-state index contributed by atoms with van der Waals surface area (Å²) in [5, 5.41) is 0. The van der Waals surface area contributed by atoms with Gasteiger partial charge in [-0.05, 0) is 53.1 Å². The molecule has 0 aromatic heterocycles. The zero-order valence-electron chi connectivity index (χ0n) is 16.1. The number of rotatable bonds is 7. The number of unbranched alkanes of at least 4 members (excludes halogenated alkanes) is 1. The van der Waals surface area contributed by atoms with Crippen LogP contribution in [-0.2, 0) is 12.8 Å². The summed E-state index contributed by atoms with van der Waals surface area (Å²) in [6.45, 7) is 4.11. The molecule has 140 valence electrons. The Morgan fingerprint density at radius 3 is 1.93 bits per heavy atom. The van der Waals surface area contributed by atoms with Gasteiger partial charge in [-0.1, -0.05) is 81.3 Å². The highest BCUT2D eigenvalue weighted by molar-refractivity contribution is 5.71. The van der Waals surface area contributed by atoms with E-state index in [1.54, 1.807) is 0 Å². The molecule has 0 bridgehead atoms. The Bertz CT molecular complexity index is 880. The highest BCUT2D eigenvalue weighted by Gasteiger charge is 2.18. The summed E-state index contributed by atoms with van der Waals surface area (Å²) in [6.07, 6.45) is 4.19. The van der Waals surface area contributed by atoms with Gasteiger partial charge in [0.1, 0.15) is 0 Å². The number of aryl methyl sites for hydroxylation is 1. The molecule has 0 heterocycles. The van der Waals surface area contributed by atoms with Crippen LogP contribution < -0.4 is 0 Å². The number of halogens is 2. The largest absolute Gasteiger partial charge is 0.203 e. The first kappa shape index (κ1) is 19.3. The highest BCUT2D eigenvalue weighted by atomic mass is 19.2. The van der Waals surface area contributed by atoms with Crippen molar-refractivity contribution in [2.45, 2.75) is 46.0 Å². The third kappa shape index (κ3) is 4.27. The Morgan fingerprint density at radius 2 is 1.30 bits per heavy atom. The molecule has 27 heavy (non-hydrogen) atoms. The molecule has 0 nitrogen and oxygen atoms in total. The first-order valence-corrected chi connectivity index (χ1v) is 9.81. The average Bonchev–Trinajstić information content (AvgIpc) is 2.72. The van der Waals surface area contributed by atoms with Crippen LogP contribution in [0.5, 0.6) is 0 Å². The zero-order valence-corrected chi connectivity index (χ0v) is 16.1. The summed E-state index contributed by atoms with van der Waals surface area (Å²) in [6, 6.07) is 19.6. The first-order chi connectivity index (χ1) is 13.2. The molecule has 0 aliphatic carbocycles. The van der Waals surface area contributed by atoms with Crippen LogP contribution in [0.4, 0.5) is 8.78 Å². The van der Waals surface area contributed by atoms with Gasteiger partial charge in [-0.15, -0.1) is 0 Å². The van der Waals surface area contributed by atoms with Gasteiger partial charge in [0, 0.05) is 5.56 Å². The second-order valence-electron chi connectivity index (χ2n) is 6.99. The molecule has 0 saturated heterocycles. The van der Waals surface area contributed by atoms with E-state index in [0.717, 1.165) is 42.4 Å². The van der Waals surface area contributed by atoms with Crippen molar-refractivity contribution in [1.82, 2.24) is 0 Å². The smallest absolute Gasteiger partial charge is 0.166 e. The maximum atomic E-state index is 14.8. The summed E-state index contributed by atoms with van der Waals surface area (Å²) >= 11 is 0. The molecule has 0 aliphatic heterocycles. The predicted octanol–water partition coefficient (Wildman–Crippen LogP) is 7.59. The van der Waals surface area contributed by atoms with E-state index in [0.29, 0.717) is 23.1 Å². The average molecular weight is 364 g/mol. The van der Waals surface area contributed by atoms with E-state index in [1.807, 2.05) is 67.6 Å². The molecule has 0 spiro atoms. The van der Waals surface area contributed by atoms with Gasteiger partial charge in [0.25, 0.3) is 0 Å². The first-order valence-electron chi connectivity index (χ1n) is 9.81. The number of hydrogen-bond acceptors (Lipinski definition) is 0. The quantitative estimate of drug-likeness (QED) is 0.405. The van der Waals surface area contributed by atoms with Crippen LogP contribution >= 0.6 is 0 Å². The van der Waals surface area contributed by atoms with Crippen molar-refractivity contribution >= 4 is 0 Å². The van der Waals surface area contributed by atoms with Crippen LogP contribution in [-0.4, -0.2) is 0 Å². The van der Waals surface area contributed by atoms with Crippen molar-refractivity contribution in [2.75, 3.05) is 0 Å². The molecular formula is C25H26F2. The van der Waals surface area contributed by atoms with Crippen LogP contribution in [0.25, 0.3) is 22.3 Å². The van der Waals surface area contributed by atoms with Crippen LogP contribution in [0.1, 0.15) is 44.2 Å². The molecule has 0 radical (unpaired) electrons.